The van der Waals surface area contributed by atoms with E-state index in [1.165, 1.54) is 0 Å². The third kappa shape index (κ3) is 7.16. The van der Waals surface area contributed by atoms with E-state index in [1.54, 1.807) is 24.3 Å². The second kappa shape index (κ2) is 12.5. The molecular weight excluding hydrogens is 458 g/mol. The Kier molecular flexibility index (Phi) is 8.67. The van der Waals surface area contributed by atoms with Crippen LogP contribution in [0.15, 0.2) is 84.9 Å². The number of carbonyl (C=O) groups is 3. The van der Waals surface area contributed by atoms with Crippen LogP contribution >= 0.6 is 0 Å². The lowest BCUT2D eigenvalue weighted by Gasteiger charge is -2.28. The van der Waals surface area contributed by atoms with Crippen LogP contribution in [0.4, 0.5) is 11.4 Å². The van der Waals surface area contributed by atoms with Crippen LogP contribution in [0.3, 0.4) is 0 Å². The Morgan fingerprint density at radius 3 is 2.17 bits per heavy atom. The third-order valence-electron chi connectivity index (χ3n) is 5.81. The van der Waals surface area contributed by atoms with Gasteiger partial charge in [0.25, 0.3) is 11.8 Å². The number of morpholine rings is 1. The molecule has 8 heteroatoms. The number of amides is 2. The third-order valence-corrected chi connectivity index (χ3v) is 5.81. The molecule has 0 radical (unpaired) electrons. The molecule has 0 saturated carbocycles. The summed E-state index contributed by atoms with van der Waals surface area (Å²) >= 11 is 0. The monoisotopic (exact) mass is 487 g/mol. The van der Waals surface area contributed by atoms with Crippen molar-refractivity contribution in [1.82, 2.24) is 5.32 Å². The molecule has 186 valence electrons. The molecule has 1 saturated heterocycles. The zero-order valence-corrected chi connectivity index (χ0v) is 19.9. The van der Waals surface area contributed by atoms with Crippen LogP contribution < -0.4 is 15.5 Å². The van der Waals surface area contributed by atoms with Crippen LogP contribution in [-0.4, -0.2) is 50.7 Å². The summed E-state index contributed by atoms with van der Waals surface area (Å²) in [4.78, 5) is 39.8. The van der Waals surface area contributed by atoms with E-state index in [2.05, 4.69) is 15.5 Å². The second-order valence-corrected chi connectivity index (χ2v) is 8.36. The predicted molar refractivity (Wildman–Crippen MR) is 137 cm³/mol. The van der Waals surface area contributed by atoms with Crippen LogP contribution in [0.25, 0.3) is 0 Å². The standard InChI is InChI=1S/C28H29N3O5/c32-26(29-23-11-13-24(14-12-23)31-15-17-35-18-16-31)20-36-27(33)19-25(21-7-3-1-4-8-21)30-28(34)22-9-5-2-6-10-22/h1-14,25H,15-20H2,(H,29,32)(H,30,34). The number of esters is 1. The SMILES string of the molecule is O=C(COC(=O)CC(NC(=O)c1ccccc1)c1ccccc1)Nc1ccc(N2CCOCC2)cc1. The summed E-state index contributed by atoms with van der Waals surface area (Å²) in [5.41, 5.74) is 2.94. The van der Waals surface area contributed by atoms with Crippen molar-refractivity contribution >= 4 is 29.2 Å². The van der Waals surface area contributed by atoms with Crippen molar-refractivity contribution in [1.29, 1.82) is 0 Å². The topological polar surface area (TPSA) is 97.0 Å². The molecule has 1 aliphatic heterocycles. The lowest BCUT2D eigenvalue weighted by molar-refractivity contribution is -0.147. The molecule has 0 spiro atoms. The van der Waals surface area contributed by atoms with E-state index in [0.717, 1.165) is 24.3 Å². The van der Waals surface area contributed by atoms with Crippen LogP contribution in [0, 0.1) is 0 Å². The molecule has 4 rings (SSSR count). The van der Waals surface area contributed by atoms with Gasteiger partial charge in [-0.1, -0.05) is 48.5 Å². The van der Waals surface area contributed by atoms with Gasteiger partial charge in [-0.05, 0) is 42.0 Å². The summed E-state index contributed by atoms with van der Waals surface area (Å²) in [5, 5.41) is 5.63. The van der Waals surface area contributed by atoms with Crippen molar-refractivity contribution in [3.05, 3.63) is 96.1 Å². The highest BCUT2D eigenvalue weighted by Crippen LogP contribution is 2.20. The molecule has 8 nitrogen and oxygen atoms in total. The number of ether oxygens (including phenoxy) is 2. The first-order chi connectivity index (χ1) is 17.6. The van der Waals surface area contributed by atoms with Gasteiger partial charge in [-0.25, -0.2) is 0 Å². The van der Waals surface area contributed by atoms with E-state index >= 15 is 0 Å². The molecule has 3 aromatic rings. The highest BCUT2D eigenvalue weighted by Gasteiger charge is 2.21. The molecule has 3 aromatic carbocycles. The molecule has 0 bridgehead atoms. The summed E-state index contributed by atoms with van der Waals surface area (Å²) < 4.78 is 10.6. The molecule has 1 aliphatic rings. The van der Waals surface area contributed by atoms with E-state index in [-0.39, 0.29) is 12.3 Å². The van der Waals surface area contributed by atoms with Gasteiger partial charge < -0.3 is 25.0 Å². The van der Waals surface area contributed by atoms with Gasteiger partial charge in [0.1, 0.15) is 0 Å². The number of benzene rings is 3. The number of hydrogen-bond acceptors (Lipinski definition) is 6. The average molecular weight is 488 g/mol. The summed E-state index contributed by atoms with van der Waals surface area (Å²) in [5.74, 6) is -1.32. The Balaban J connectivity index is 1.29. The quantitative estimate of drug-likeness (QED) is 0.448. The van der Waals surface area contributed by atoms with Gasteiger partial charge in [-0.15, -0.1) is 0 Å². The van der Waals surface area contributed by atoms with E-state index in [1.807, 2.05) is 60.7 Å². The van der Waals surface area contributed by atoms with Gasteiger partial charge in [-0.3, -0.25) is 14.4 Å². The van der Waals surface area contributed by atoms with Crippen molar-refractivity contribution in [2.75, 3.05) is 43.1 Å². The lowest BCUT2D eigenvalue weighted by atomic mass is 10.0. The van der Waals surface area contributed by atoms with Crippen molar-refractivity contribution in [3.63, 3.8) is 0 Å². The Bertz CT molecular complexity index is 1150. The smallest absolute Gasteiger partial charge is 0.308 e. The molecule has 1 unspecified atom stereocenters. The van der Waals surface area contributed by atoms with Crippen molar-refractivity contribution in [2.24, 2.45) is 0 Å². The molecule has 2 N–H and O–H groups in total. The minimum absolute atomic E-state index is 0.107. The Morgan fingerprint density at radius 2 is 1.50 bits per heavy atom. The molecule has 1 atom stereocenters. The molecule has 0 aromatic heterocycles. The maximum absolute atomic E-state index is 12.7. The van der Waals surface area contributed by atoms with E-state index in [0.29, 0.717) is 24.5 Å². The van der Waals surface area contributed by atoms with Gasteiger partial charge >= 0.3 is 5.97 Å². The normalized spacial score (nSPS) is 13.9. The number of nitrogens with zero attached hydrogens (tertiary/aromatic N) is 1. The Morgan fingerprint density at radius 1 is 0.861 bits per heavy atom. The number of rotatable bonds is 9. The first kappa shape index (κ1) is 24.9. The fourth-order valence-corrected chi connectivity index (χ4v) is 3.91. The maximum atomic E-state index is 12.7. The van der Waals surface area contributed by atoms with Crippen LogP contribution in [0.1, 0.15) is 28.4 Å². The number of nitrogens with one attached hydrogen (secondary N) is 2. The number of anilines is 2. The van der Waals surface area contributed by atoms with Crippen molar-refractivity contribution < 1.29 is 23.9 Å². The molecular formula is C28H29N3O5. The Hall–Kier alpha value is -4.17. The van der Waals surface area contributed by atoms with Crippen LogP contribution in [-0.2, 0) is 19.1 Å². The van der Waals surface area contributed by atoms with Crippen molar-refractivity contribution in [3.8, 4) is 0 Å². The fourth-order valence-electron chi connectivity index (χ4n) is 3.91. The van der Waals surface area contributed by atoms with Crippen LogP contribution in [0.2, 0.25) is 0 Å². The van der Waals surface area contributed by atoms with E-state index in [9.17, 15) is 14.4 Å². The molecule has 2 amide bonds. The summed E-state index contributed by atoms with van der Waals surface area (Å²) in [6, 6.07) is 24.9. The minimum atomic E-state index is -0.595. The molecule has 0 aliphatic carbocycles. The maximum Gasteiger partial charge on any atom is 0.308 e. The van der Waals surface area contributed by atoms with Gasteiger partial charge in [0.15, 0.2) is 6.61 Å². The van der Waals surface area contributed by atoms with Gasteiger partial charge in [0.2, 0.25) is 0 Å². The minimum Gasteiger partial charge on any atom is -0.455 e. The van der Waals surface area contributed by atoms with Crippen LogP contribution in [0.5, 0.6) is 0 Å². The van der Waals surface area contributed by atoms with E-state index in [4.69, 9.17) is 9.47 Å². The Labute approximate surface area is 210 Å². The lowest BCUT2D eigenvalue weighted by Crippen LogP contribution is -2.36. The largest absolute Gasteiger partial charge is 0.455 e. The molecule has 1 fully saturated rings. The summed E-state index contributed by atoms with van der Waals surface area (Å²) in [7, 11) is 0. The number of carbonyl (C=O) groups excluding carboxylic acids is 3. The van der Waals surface area contributed by atoms with Gasteiger partial charge in [0.05, 0.1) is 25.7 Å². The molecule has 1 heterocycles. The highest BCUT2D eigenvalue weighted by molar-refractivity contribution is 5.95. The predicted octanol–water partition coefficient (Wildman–Crippen LogP) is 3.57. The van der Waals surface area contributed by atoms with Crippen molar-refractivity contribution in [2.45, 2.75) is 12.5 Å². The van der Waals surface area contributed by atoms with Gasteiger partial charge in [-0.2, -0.15) is 0 Å². The highest BCUT2D eigenvalue weighted by atomic mass is 16.5. The fraction of sp³-hybridized carbons (Fsp3) is 0.250. The average Bonchev–Trinajstić information content (AvgIpc) is 2.93. The first-order valence-electron chi connectivity index (χ1n) is 11.9. The zero-order chi connectivity index (χ0) is 25.2. The second-order valence-electron chi connectivity index (χ2n) is 8.36. The summed E-state index contributed by atoms with van der Waals surface area (Å²) in [6.07, 6.45) is -0.107. The number of hydrogen-bond donors (Lipinski definition) is 2. The first-order valence-corrected chi connectivity index (χ1v) is 11.9. The van der Waals surface area contributed by atoms with Gasteiger partial charge in [0, 0.05) is 30.0 Å². The molecule has 36 heavy (non-hydrogen) atoms. The van der Waals surface area contributed by atoms with E-state index < -0.39 is 24.5 Å². The summed E-state index contributed by atoms with van der Waals surface area (Å²) in [6.45, 7) is 2.64. The zero-order valence-electron chi connectivity index (χ0n) is 19.9.